The quantitative estimate of drug-likeness (QED) is 0.794. The Labute approximate surface area is 103 Å². The molecule has 0 atom stereocenters. The number of amides is 1. The average Bonchev–Trinajstić information content (AvgIpc) is 3.10. The number of carbonyl (C=O) groups is 1. The molecule has 0 radical (unpaired) electrons. The lowest BCUT2D eigenvalue weighted by Crippen LogP contribution is -2.29. The van der Waals surface area contributed by atoms with Crippen molar-refractivity contribution in [3.05, 3.63) is 29.8 Å². The van der Waals surface area contributed by atoms with Gasteiger partial charge in [-0.1, -0.05) is 0 Å². The van der Waals surface area contributed by atoms with Crippen molar-refractivity contribution < 1.29 is 23.0 Å². The largest absolute Gasteiger partial charge is 0.535 e. The molecular weight excluding hydrogens is 244 g/mol. The number of hydrogen-bond acceptors (Lipinski definition) is 3. The highest BCUT2D eigenvalue weighted by Crippen LogP contribution is 2.32. The van der Waals surface area contributed by atoms with Gasteiger partial charge in [0.05, 0.1) is 6.61 Å². The Bertz CT molecular complexity index is 429. The van der Waals surface area contributed by atoms with Gasteiger partial charge in [0.2, 0.25) is 5.91 Å². The molecule has 1 aromatic rings. The molecule has 1 amide bonds. The third kappa shape index (κ3) is 3.66. The summed E-state index contributed by atoms with van der Waals surface area (Å²) in [5.41, 5.74) is 5.25. The lowest BCUT2D eigenvalue weighted by molar-refractivity contribution is -0.354. The second-order valence-electron chi connectivity index (χ2n) is 4.21. The van der Waals surface area contributed by atoms with Crippen LogP contribution < -0.4 is 10.5 Å². The molecule has 0 aliphatic heterocycles. The number of halogens is 2. The summed E-state index contributed by atoms with van der Waals surface area (Å²) in [5, 5.41) is 0. The first kappa shape index (κ1) is 12.8. The van der Waals surface area contributed by atoms with E-state index in [0.29, 0.717) is 0 Å². The molecule has 1 saturated carbocycles. The van der Waals surface area contributed by atoms with Crippen LogP contribution in [0.4, 0.5) is 8.78 Å². The van der Waals surface area contributed by atoms with Gasteiger partial charge in [0.1, 0.15) is 5.75 Å². The zero-order chi connectivity index (χ0) is 13.2. The number of nitrogens with two attached hydrogens (primary N) is 1. The minimum Gasteiger partial charge on any atom is -0.409 e. The molecule has 18 heavy (non-hydrogen) atoms. The van der Waals surface area contributed by atoms with E-state index in [-0.39, 0.29) is 23.8 Å². The van der Waals surface area contributed by atoms with Gasteiger partial charge in [-0.2, -0.15) is 0 Å². The molecule has 1 aliphatic carbocycles. The van der Waals surface area contributed by atoms with Crippen molar-refractivity contribution in [3.63, 3.8) is 0 Å². The number of hydrogen-bond donors (Lipinski definition) is 1. The maximum atomic E-state index is 13.2. The number of ether oxygens (including phenoxy) is 2. The fourth-order valence-electron chi connectivity index (χ4n) is 1.35. The summed E-state index contributed by atoms with van der Waals surface area (Å²) in [7, 11) is 0. The molecular formula is C12H13F2NO3. The monoisotopic (exact) mass is 257 g/mol. The predicted molar refractivity (Wildman–Crippen MR) is 59.2 cm³/mol. The van der Waals surface area contributed by atoms with Crippen LogP contribution in [0.15, 0.2) is 24.3 Å². The van der Waals surface area contributed by atoms with Crippen molar-refractivity contribution in [2.24, 2.45) is 11.7 Å². The van der Waals surface area contributed by atoms with E-state index in [0.717, 1.165) is 12.8 Å². The van der Waals surface area contributed by atoms with Crippen molar-refractivity contribution >= 4 is 5.91 Å². The fraction of sp³-hybridized carbons (Fsp3) is 0.417. The fourth-order valence-corrected chi connectivity index (χ4v) is 1.35. The standard InChI is InChI=1S/C12H13F2NO3/c13-12(14,17-7-8-1-2-8)18-10-5-3-9(4-6-10)11(15)16/h3-6,8H,1-2,7H2,(H2,15,16). The lowest BCUT2D eigenvalue weighted by atomic mass is 10.2. The van der Waals surface area contributed by atoms with Gasteiger partial charge < -0.3 is 10.5 Å². The second kappa shape index (κ2) is 4.89. The number of benzene rings is 1. The van der Waals surface area contributed by atoms with Gasteiger partial charge >= 0.3 is 6.29 Å². The molecule has 98 valence electrons. The minimum absolute atomic E-state index is 0.00757. The Kier molecular flexibility index (Phi) is 3.47. The molecule has 0 aromatic heterocycles. The van der Waals surface area contributed by atoms with Crippen LogP contribution in [-0.2, 0) is 4.74 Å². The van der Waals surface area contributed by atoms with Gasteiger partial charge in [0, 0.05) is 5.56 Å². The van der Waals surface area contributed by atoms with Crippen LogP contribution in [0.1, 0.15) is 23.2 Å². The highest BCUT2D eigenvalue weighted by Gasteiger charge is 2.36. The van der Waals surface area contributed by atoms with Crippen molar-refractivity contribution in [2.75, 3.05) is 6.61 Å². The van der Waals surface area contributed by atoms with E-state index in [1.54, 1.807) is 0 Å². The van der Waals surface area contributed by atoms with Gasteiger partial charge in [0.15, 0.2) is 0 Å². The van der Waals surface area contributed by atoms with E-state index in [4.69, 9.17) is 5.73 Å². The van der Waals surface area contributed by atoms with E-state index < -0.39 is 12.2 Å². The maximum Gasteiger partial charge on any atom is 0.535 e. The highest BCUT2D eigenvalue weighted by atomic mass is 19.3. The topological polar surface area (TPSA) is 61.6 Å². The van der Waals surface area contributed by atoms with Crippen LogP contribution in [-0.4, -0.2) is 18.8 Å². The summed E-state index contributed by atoms with van der Waals surface area (Å²) in [6.07, 6.45) is -1.82. The van der Waals surface area contributed by atoms with E-state index >= 15 is 0 Å². The smallest absolute Gasteiger partial charge is 0.409 e. The second-order valence-corrected chi connectivity index (χ2v) is 4.21. The molecule has 1 aliphatic rings. The van der Waals surface area contributed by atoms with E-state index in [1.165, 1.54) is 24.3 Å². The van der Waals surface area contributed by atoms with Gasteiger partial charge in [-0.25, -0.2) is 0 Å². The summed E-state index contributed by atoms with van der Waals surface area (Å²) >= 11 is 0. The van der Waals surface area contributed by atoms with Crippen LogP contribution in [0.2, 0.25) is 0 Å². The Balaban J connectivity index is 1.92. The van der Waals surface area contributed by atoms with Crippen LogP contribution in [0, 0.1) is 5.92 Å². The molecule has 0 bridgehead atoms. The minimum atomic E-state index is -3.66. The third-order valence-electron chi connectivity index (χ3n) is 2.56. The SMILES string of the molecule is NC(=O)c1ccc(OC(F)(F)OCC2CC2)cc1. The molecule has 2 N–H and O–H groups in total. The van der Waals surface area contributed by atoms with Crippen molar-refractivity contribution in [2.45, 2.75) is 19.1 Å². The molecule has 0 spiro atoms. The number of primary amides is 1. The van der Waals surface area contributed by atoms with Gasteiger partial charge in [-0.05, 0) is 43.0 Å². The van der Waals surface area contributed by atoms with Crippen molar-refractivity contribution in [1.29, 1.82) is 0 Å². The summed E-state index contributed by atoms with van der Waals surface area (Å²) in [4.78, 5) is 10.8. The predicted octanol–water partition coefficient (Wildman–Crippen LogP) is 2.14. The molecule has 0 unspecified atom stereocenters. The van der Waals surface area contributed by atoms with Crippen molar-refractivity contribution in [1.82, 2.24) is 0 Å². The van der Waals surface area contributed by atoms with Crippen LogP contribution in [0.3, 0.4) is 0 Å². The van der Waals surface area contributed by atoms with Crippen molar-refractivity contribution in [3.8, 4) is 5.75 Å². The van der Waals surface area contributed by atoms with Crippen LogP contribution in [0.25, 0.3) is 0 Å². The lowest BCUT2D eigenvalue weighted by Gasteiger charge is -2.17. The molecule has 4 nitrogen and oxygen atoms in total. The summed E-state index contributed by atoms with van der Waals surface area (Å²) in [6, 6.07) is 5.12. The third-order valence-corrected chi connectivity index (χ3v) is 2.56. The Morgan fingerprint density at radius 2 is 1.94 bits per heavy atom. The van der Waals surface area contributed by atoms with Gasteiger partial charge in [-0.15, -0.1) is 8.78 Å². The summed E-state index contributed by atoms with van der Waals surface area (Å²) in [5.74, 6) is -0.490. The van der Waals surface area contributed by atoms with Gasteiger partial charge in [-0.3, -0.25) is 9.53 Å². The molecule has 1 aromatic carbocycles. The normalized spacial score (nSPS) is 15.4. The molecule has 0 heterocycles. The first-order chi connectivity index (χ1) is 8.46. The molecule has 0 saturated heterocycles. The Morgan fingerprint density at radius 3 is 2.44 bits per heavy atom. The van der Waals surface area contributed by atoms with E-state index in [2.05, 4.69) is 9.47 Å². The van der Waals surface area contributed by atoms with Gasteiger partial charge in [0.25, 0.3) is 0 Å². The summed E-state index contributed by atoms with van der Waals surface area (Å²) < 4.78 is 35.2. The Hall–Kier alpha value is -1.69. The van der Waals surface area contributed by atoms with E-state index in [1.807, 2.05) is 0 Å². The number of rotatable bonds is 6. The highest BCUT2D eigenvalue weighted by molar-refractivity contribution is 5.92. The first-order valence-electron chi connectivity index (χ1n) is 5.57. The average molecular weight is 257 g/mol. The number of alkyl halides is 2. The zero-order valence-corrected chi connectivity index (χ0v) is 9.57. The molecule has 2 rings (SSSR count). The van der Waals surface area contributed by atoms with Crippen LogP contribution >= 0.6 is 0 Å². The molecule has 6 heteroatoms. The Morgan fingerprint density at radius 1 is 1.33 bits per heavy atom. The maximum absolute atomic E-state index is 13.2. The number of carbonyl (C=O) groups excluding carboxylic acids is 1. The van der Waals surface area contributed by atoms with Crippen LogP contribution in [0.5, 0.6) is 5.75 Å². The summed E-state index contributed by atoms with van der Waals surface area (Å²) in [6.45, 7) is -0.00757. The zero-order valence-electron chi connectivity index (χ0n) is 9.57. The first-order valence-corrected chi connectivity index (χ1v) is 5.57. The molecule has 1 fully saturated rings. The van der Waals surface area contributed by atoms with E-state index in [9.17, 15) is 13.6 Å².